The average molecular weight is 235 g/mol. The fourth-order valence-corrected chi connectivity index (χ4v) is 1.79. The van der Waals surface area contributed by atoms with Crippen molar-refractivity contribution in [1.29, 1.82) is 0 Å². The Bertz CT molecular complexity index is 376. The molecule has 1 N–H and O–H groups in total. The number of carbonyl (C=O) groups is 1. The van der Waals surface area contributed by atoms with E-state index in [1.807, 2.05) is 24.1 Å². The zero-order chi connectivity index (χ0) is 12.8. The number of benzene rings is 1. The van der Waals surface area contributed by atoms with E-state index < -0.39 is 12.0 Å². The summed E-state index contributed by atoms with van der Waals surface area (Å²) in [5.74, 6) is -0.780. The van der Waals surface area contributed by atoms with Gasteiger partial charge in [0.05, 0.1) is 0 Å². The van der Waals surface area contributed by atoms with Crippen LogP contribution in [0.3, 0.4) is 0 Å². The van der Waals surface area contributed by atoms with Crippen LogP contribution in [-0.4, -0.2) is 29.1 Å². The number of carboxylic acid groups (broad SMARTS) is 1. The maximum atomic E-state index is 10.9. The summed E-state index contributed by atoms with van der Waals surface area (Å²) in [4.78, 5) is 12.7. The van der Waals surface area contributed by atoms with Gasteiger partial charge in [0.15, 0.2) is 0 Å². The van der Waals surface area contributed by atoms with Gasteiger partial charge < -0.3 is 5.11 Å². The van der Waals surface area contributed by atoms with Gasteiger partial charge in [-0.15, -0.1) is 0 Å². The summed E-state index contributed by atoms with van der Waals surface area (Å²) in [6.45, 7) is 4.54. The van der Waals surface area contributed by atoms with Crippen molar-refractivity contribution in [3.8, 4) is 0 Å². The fraction of sp³-hybridized carbons (Fsp3) is 0.500. The molecule has 1 rings (SSSR count). The smallest absolute Gasteiger partial charge is 0.320 e. The van der Waals surface area contributed by atoms with E-state index in [9.17, 15) is 4.79 Å². The van der Waals surface area contributed by atoms with Crippen LogP contribution in [-0.2, 0) is 17.8 Å². The van der Waals surface area contributed by atoms with Crippen molar-refractivity contribution >= 4 is 5.97 Å². The summed E-state index contributed by atoms with van der Waals surface area (Å²) >= 11 is 0. The average Bonchev–Trinajstić information content (AvgIpc) is 2.28. The van der Waals surface area contributed by atoms with Crippen LogP contribution < -0.4 is 0 Å². The van der Waals surface area contributed by atoms with Gasteiger partial charge >= 0.3 is 5.97 Å². The summed E-state index contributed by atoms with van der Waals surface area (Å²) in [5, 5.41) is 8.93. The van der Waals surface area contributed by atoms with Gasteiger partial charge in [-0.2, -0.15) is 0 Å². The Hall–Kier alpha value is -1.35. The predicted molar refractivity (Wildman–Crippen MR) is 69.0 cm³/mol. The number of hydrogen-bond donors (Lipinski definition) is 1. The van der Waals surface area contributed by atoms with Crippen molar-refractivity contribution in [2.24, 2.45) is 0 Å². The van der Waals surface area contributed by atoms with E-state index in [-0.39, 0.29) is 0 Å². The number of likely N-dealkylation sites (N-methyl/N-ethyl adjacent to an activating group) is 1. The first kappa shape index (κ1) is 13.7. The van der Waals surface area contributed by atoms with Gasteiger partial charge in [-0.1, -0.05) is 37.6 Å². The SMILES string of the molecule is CCCc1cccc(CN(C)C(C)C(=O)O)c1. The molecule has 0 aromatic heterocycles. The van der Waals surface area contributed by atoms with Crippen molar-refractivity contribution in [2.45, 2.75) is 39.3 Å². The summed E-state index contributed by atoms with van der Waals surface area (Å²) in [6.07, 6.45) is 2.21. The molecule has 1 aromatic rings. The van der Waals surface area contributed by atoms with Crippen LogP contribution in [0.1, 0.15) is 31.4 Å². The van der Waals surface area contributed by atoms with Crippen LogP contribution in [0.15, 0.2) is 24.3 Å². The van der Waals surface area contributed by atoms with Crippen molar-refractivity contribution in [3.63, 3.8) is 0 Å². The zero-order valence-electron chi connectivity index (χ0n) is 10.8. The Morgan fingerprint density at radius 2 is 2.06 bits per heavy atom. The van der Waals surface area contributed by atoms with E-state index in [1.165, 1.54) is 11.1 Å². The molecule has 17 heavy (non-hydrogen) atoms. The lowest BCUT2D eigenvalue weighted by Gasteiger charge is -2.21. The highest BCUT2D eigenvalue weighted by Crippen LogP contribution is 2.11. The summed E-state index contributed by atoms with van der Waals surface area (Å²) < 4.78 is 0. The van der Waals surface area contributed by atoms with Crippen molar-refractivity contribution < 1.29 is 9.90 Å². The zero-order valence-corrected chi connectivity index (χ0v) is 10.8. The second-order valence-corrected chi connectivity index (χ2v) is 4.50. The molecule has 0 aliphatic rings. The van der Waals surface area contributed by atoms with Gasteiger partial charge in [0.1, 0.15) is 6.04 Å². The molecule has 1 aromatic carbocycles. The molecule has 0 fully saturated rings. The van der Waals surface area contributed by atoms with E-state index in [4.69, 9.17) is 5.11 Å². The van der Waals surface area contributed by atoms with E-state index in [1.54, 1.807) is 6.92 Å². The summed E-state index contributed by atoms with van der Waals surface area (Å²) in [7, 11) is 1.84. The molecule has 0 aliphatic carbocycles. The number of rotatable bonds is 6. The van der Waals surface area contributed by atoms with Gasteiger partial charge in [0.25, 0.3) is 0 Å². The first-order valence-corrected chi connectivity index (χ1v) is 6.05. The summed E-state index contributed by atoms with van der Waals surface area (Å²) in [5.41, 5.74) is 2.49. The molecule has 1 unspecified atom stereocenters. The minimum Gasteiger partial charge on any atom is -0.480 e. The number of hydrogen-bond acceptors (Lipinski definition) is 2. The first-order valence-electron chi connectivity index (χ1n) is 6.05. The van der Waals surface area contributed by atoms with Gasteiger partial charge in [-0.05, 0) is 31.5 Å². The van der Waals surface area contributed by atoms with E-state index in [0.717, 1.165) is 12.8 Å². The van der Waals surface area contributed by atoms with Crippen molar-refractivity contribution in [3.05, 3.63) is 35.4 Å². The Labute approximate surface area is 103 Å². The molecular formula is C14H21NO2. The second kappa shape index (κ2) is 6.40. The van der Waals surface area contributed by atoms with Gasteiger partial charge in [0, 0.05) is 6.54 Å². The maximum Gasteiger partial charge on any atom is 0.320 e. The highest BCUT2D eigenvalue weighted by Gasteiger charge is 2.16. The van der Waals surface area contributed by atoms with Crippen LogP contribution in [0.5, 0.6) is 0 Å². The van der Waals surface area contributed by atoms with Gasteiger partial charge in [-0.25, -0.2) is 0 Å². The fourth-order valence-electron chi connectivity index (χ4n) is 1.79. The van der Waals surface area contributed by atoms with Crippen LogP contribution >= 0.6 is 0 Å². The summed E-state index contributed by atoms with van der Waals surface area (Å²) in [6, 6.07) is 7.91. The molecular weight excluding hydrogens is 214 g/mol. The number of carboxylic acids is 1. The lowest BCUT2D eigenvalue weighted by molar-refractivity contribution is -0.142. The number of aliphatic carboxylic acids is 1. The molecule has 1 atom stereocenters. The lowest BCUT2D eigenvalue weighted by atomic mass is 10.1. The van der Waals surface area contributed by atoms with Crippen LogP contribution in [0.2, 0.25) is 0 Å². The van der Waals surface area contributed by atoms with Gasteiger partial charge in [-0.3, -0.25) is 9.69 Å². The lowest BCUT2D eigenvalue weighted by Crippen LogP contribution is -2.35. The highest BCUT2D eigenvalue weighted by molar-refractivity contribution is 5.72. The Morgan fingerprint density at radius 3 is 2.65 bits per heavy atom. The third-order valence-electron chi connectivity index (χ3n) is 2.98. The molecule has 3 heteroatoms. The molecule has 0 bridgehead atoms. The first-order chi connectivity index (χ1) is 8.04. The third-order valence-corrected chi connectivity index (χ3v) is 2.98. The molecule has 0 aliphatic heterocycles. The van der Waals surface area contributed by atoms with E-state index in [2.05, 4.69) is 19.1 Å². The van der Waals surface area contributed by atoms with Crippen LogP contribution in [0, 0.1) is 0 Å². The number of nitrogens with zero attached hydrogens (tertiary/aromatic N) is 1. The molecule has 0 heterocycles. The standard InChI is InChI=1S/C14H21NO2/c1-4-6-12-7-5-8-13(9-12)10-15(3)11(2)14(16)17/h5,7-9,11H,4,6,10H2,1-3H3,(H,16,17). The molecule has 0 radical (unpaired) electrons. The molecule has 0 spiro atoms. The normalized spacial score (nSPS) is 12.7. The van der Waals surface area contributed by atoms with Crippen molar-refractivity contribution in [1.82, 2.24) is 4.90 Å². The molecule has 94 valence electrons. The molecule has 3 nitrogen and oxygen atoms in total. The Morgan fingerprint density at radius 1 is 1.41 bits per heavy atom. The quantitative estimate of drug-likeness (QED) is 0.823. The topological polar surface area (TPSA) is 40.5 Å². The monoisotopic (exact) mass is 235 g/mol. The second-order valence-electron chi connectivity index (χ2n) is 4.50. The minimum absolute atomic E-state index is 0.454. The van der Waals surface area contributed by atoms with Gasteiger partial charge in [0.2, 0.25) is 0 Å². The molecule has 0 saturated carbocycles. The van der Waals surface area contributed by atoms with E-state index >= 15 is 0 Å². The Balaban J connectivity index is 2.67. The predicted octanol–water partition coefficient (Wildman–Crippen LogP) is 2.54. The van der Waals surface area contributed by atoms with E-state index in [0.29, 0.717) is 6.54 Å². The minimum atomic E-state index is -0.780. The number of aryl methyl sites for hydroxylation is 1. The van der Waals surface area contributed by atoms with Crippen molar-refractivity contribution in [2.75, 3.05) is 7.05 Å². The van der Waals surface area contributed by atoms with Crippen LogP contribution in [0.25, 0.3) is 0 Å². The highest BCUT2D eigenvalue weighted by atomic mass is 16.4. The largest absolute Gasteiger partial charge is 0.480 e. The van der Waals surface area contributed by atoms with Crippen LogP contribution in [0.4, 0.5) is 0 Å². The molecule has 0 saturated heterocycles. The molecule has 0 amide bonds. The Kier molecular flexibility index (Phi) is 5.16. The third kappa shape index (κ3) is 4.19. The maximum absolute atomic E-state index is 10.9.